The van der Waals surface area contributed by atoms with Gasteiger partial charge < -0.3 is 15.0 Å². The Labute approximate surface area is 143 Å². The van der Waals surface area contributed by atoms with E-state index in [-0.39, 0.29) is 27.7 Å². The molecule has 0 spiro atoms. The first-order valence-electron chi connectivity index (χ1n) is 5.95. The molecule has 0 bridgehead atoms. The molecule has 1 aromatic carbocycles. The molecule has 0 unspecified atom stereocenters. The Morgan fingerprint density at radius 2 is 2.22 bits per heavy atom. The maximum atomic E-state index is 12.0. The SMILES string of the molecule is COC(=O)c1c(N)c(C#N)cn1-c1c(Br)ccc(Cl)c1[N+](=O)[O-]. The highest BCUT2D eigenvalue weighted by atomic mass is 79.9. The summed E-state index contributed by atoms with van der Waals surface area (Å²) in [7, 11) is 1.13. The fourth-order valence-electron chi connectivity index (χ4n) is 2.02. The van der Waals surface area contributed by atoms with Crippen LogP contribution in [-0.4, -0.2) is 22.6 Å². The predicted octanol–water partition coefficient (Wildman–Crippen LogP) is 3.04. The average Bonchev–Trinajstić information content (AvgIpc) is 2.84. The Kier molecular flexibility index (Phi) is 4.58. The highest BCUT2D eigenvalue weighted by Crippen LogP contribution is 2.39. The van der Waals surface area contributed by atoms with Gasteiger partial charge in [0.05, 0.1) is 23.3 Å². The number of hydrogen-bond donors (Lipinski definition) is 1. The number of rotatable bonds is 3. The van der Waals surface area contributed by atoms with Gasteiger partial charge in [-0.25, -0.2) is 4.79 Å². The molecule has 1 heterocycles. The fourth-order valence-corrected chi connectivity index (χ4v) is 2.76. The Morgan fingerprint density at radius 1 is 1.57 bits per heavy atom. The van der Waals surface area contributed by atoms with Crippen molar-refractivity contribution in [1.29, 1.82) is 5.26 Å². The topological polar surface area (TPSA) is 124 Å². The zero-order valence-corrected chi connectivity index (χ0v) is 13.9. The van der Waals surface area contributed by atoms with E-state index in [9.17, 15) is 14.9 Å². The number of esters is 1. The van der Waals surface area contributed by atoms with Crippen LogP contribution in [0.5, 0.6) is 0 Å². The van der Waals surface area contributed by atoms with Crippen LogP contribution in [0.15, 0.2) is 22.8 Å². The van der Waals surface area contributed by atoms with Crippen LogP contribution in [0.3, 0.4) is 0 Å². The Balaban J connectivity index is 2.94. The number of nitrogen functional groups attached to an aromatic ring is 1. The number of nitrogens with zero attached hydrogens (tertiary/aromatic N) is 3. The van der Waals surface area contributed by atoms with Gasteiger partial charge in [-0.3, -0.25) is 10.1 Å². The second kappa shape index (κ2) is 6.28. The van der Waals surface area contributed by atoms with Crippen molar-refractivity contribution < 1.29 is 14.5 Å². The molecule has 0 aliphatic carbocycles. The molecule has 118 valence electrons. The molecule has 2 rings (SSSR count). The molecule has 0 atom stereocenters. The summed E-state index contributed by atoms with van der Waals surface area (Å²) in [5.74, 6) is -0.842. The number of hydrogen-bond acceptors (Lipinski definition) is 6. The van der Waals surface area contributed by atoms with Gasteiger partial charge >= 0.3 is 11.7 Å². The van der Waals surface area contributed by atoms with E-state index in [1.165, 1.54) is 18.3 Å². The number of ether oxygens (including phenoxy) is 1. The van der Waals surface area contributed by atoms with Crippen molar-refractivity contribution in [3.8, 4) is 11.8 Å². The number of nitriles is 1. The van der Waals surface area contributed by atoms with Crippen molar-refractivity contribution in [2.24, 2.45) is 0 Å². The first-order chi connectivity index (χ1) is 10.8. The lowest BCUT2D eigenvalue weighted by Crippen LogP contribution is -2.12. The van der Waals surface area contributed by atoms with Crippen LogP contribution in [0.1, 0.15) is 16.1 Å². The first-order valence-corrected chi connectivity index (χ1v) is 7.12. The average molecular weight is 400 g/mol. The molecule has 2 aromatic rings. The largest absolute Gasteiger partial charge is 0.464 e. The molecule has 8 nitrogen and oxygen atoms in total. The molecule has 0 saturated heterocycles. The molecule has 0 amide bonds. The second-order valence-corrected chi connectivity index (χ2v) is 5.52. The Bertz CT molecular complexity index is 872. The predicted molar refractivity (Wildman–Crippen MR) is 85.6 cm³/mol. The van der Waals surface area contributed by atoms with Crippen molar-refractivity contribution in [3.63, 3.8) is 0 Å². The molecule has 0 aliphatic heterocycles. The summed E-state index contributed by atoms with van der Waals surface area (Å²) < 4.78 is 6.05. The zero-order chi connectivity index (χ0) is 17.3. The summed E-state index contributed by atoms with van der Waals surface area (Å²) in [5.41, 5.74) is 4.95. The number of benzene rings is 1. The first kappa shape index (κ1) is 16.8. The number of nitrogens with two attached hydrogens (primary N) is 1. The lowest BCUT2D eigenvalue weighted by atomic mass is 10.2. The Morgan fingerprint density at radius 3 is 2.74 bits per heavy atom. The van der Waals surface area contributed by atoms with Gasteiger partial charge in [0.1, 0.15) is 16.8 Å². The quantitative estimate of drug-likeness (QED) is 0.480. The van der Waals surface area contributed by atoms with Crippen LogP contribution in [0.25, 0.3) is 5.69 Å². The summed E-state index contributed by atoms with van der Waals surface area (Å²) in [6, 6.07) is 4.63. The second-order valence-electron chi connectivity index (χ2n) is 4.26. The number of carbonyl (C=O) groups excluding carboxylic acids is 1. The van der Waals surface area contributed by atoms with Crippen molar-refractivity contribution in [2.45, 2.75) is 0 Å². The van der Waals surface area contributed by atoms with Crippen LogP contribution in [0.2, 0.25) is 5.02 Å². The number of aromatic nitrogens is 1. The summed E-state index contributed by atoms with van der Waals surface area (Å²) in [6.07, 6.45) is 1.21. The van der Waals surface area contributed by atoms with E-state index >= 15 is 0 Å². The molecular formula is C13H8BrClN4O4. The molecule has 0 fully saturated rings. The smallest absolute Gasteiger partial charge is 0.357 e. The van der Waals surface area contributed by atoms with E-state index < -0.39 is 16.6 Å². The molecule has 0 aliphatic rings. The molecular weight excluding hydrogens is 392 g/mol. The number of halogens is 2. The zero-order valence-electron chi connectivity index (χ0n) is 11.5. The summed E-state index contributed by atoms with van der Waals surface area (Å²) in [5, 5.41) is 20.3. The molecule has 1 aromatic heterocycles. The van der Waals surface area contributed by atoms with Crippen LogP contribution in [-0.2, 0) is 4.74 Å². The van der Waals surface area contributed by atoms with Crippen molar-refractivity contribution in [3.05, 3.63) is 49.2 Å². The number of anilines is 1. The summed E-state index contributed by atoms with van der Waals surface area (Å²) >= 11 is 9.09. The highest BCUT2D eigenvalue weighted by molar-refractivity contribution is 9.10. The van der Waals surface area contributed by atoms with E-state index in [1.54, 1.807) is 0 Å². The highest BCUT2D eigenvalue weighted by Gasteiger charge is 2.29. The van der Waals surface area contributed by atoms with E-state index in [0.29, 0.717) is 4.47 Å². The number of nitro groups is 1. The number of nitro benzene ring substituents is 1. The Hall–Kier alpha value is -2.57. The van der Waals surface area contributed by atoms with Gasteiger partial charge in [0.2, 0.25) is 0 Å². The minimum Gasteiger partial charge on any atom is -0.464 e. The lowest BCUT2D eigenvalue weighted by molar-refractivity contribution is -0.384. The maximum Gasteiger partial charge on any atom is 0.357 e. The lowest BCUT2D eigenvalue weighted by Gasteiger charge is -2.11. The third-order valence-electron chi connectivity index (χ3n) is 3.02. The van der Waals surface area contributed by atoms with Gasteiger partial charge in [0.25, 0.3) is 0 Å². The van der Waals surface area contributed by atoms with Crippen LogP contribution < -0.4 is 5.73 Å². The van der Waals surface area contributed by atoms with Crippen LogP contribution in [0, 0.1) is 21.4 Å². The number of carbonyl (C=O) groups is 1. The molecule has 0 radical (unpaired) electrons. The van der Waals surface area contributed by atoms with Crippen molar-refractivity contribution >= 4 is 44.9 Å². The van der Waals surface area contributed by atoms with Gasteiger partial charge in [0, 0.05) is 10.7 Å². The van der Waals surface area contributed by atoms with Crippen LogP contribution in [0.4, 0.5) is 11.4 Å². The molecule has 2 N–H and O–H groups in total. The normalized spacial score (nSPS) is 10.2. The van der Waals surface area contributed by atoms with Crippen molar-refractivity contribution in [1.82, 2.24) is 4.57 Å². The monoisotopic (exact) mass is 398 g/mol. The molecule has 0 saturated carbocycles. The van der Waals surface area contributed by atoms with E-state index in [4.69, 9.17) is 22.6 Å². The van der Waals surface area contributed by atoms with E-state index in [2.05, 4.69) is 20.7 Å². The van der Waals surface area contributed by atoms with Gasteiger partial charge in [-0.15, -0.1) is 0 Å². The van der Waals surface area contributed by atoms with Gasteiger partial charge in [-0.1, -0.05) is 11.6 Å². The molecule has 23 heavy (non-hydrogen) atoms. The minimum absolute atomic E-state index is 0.0217. The summed E-state index contributed by atoms with van der Waals surface area (Å²) in [6.45, 7) is 0. The van der Waals surface area contributed by atoms with Crippen LogP contribution >= 0.6 is 27.5 Å². The van der Waals surface area contributed by atoms with Gasteiger partial charge in [-0.2, -0.15) is 5.26 Å². The third kappa shape index (κ3) is 2.74. The van der Waals surface area contributed by atoms with E-state index in [1.807, 2.05) is 6.07 Å². The number of methoxy groups -OCH3 is 1. The van der Waals surface area contributed by atoms with Gasteiger partial charge in [0.15, 0.2) is 5.69 Å². The standard InChI is InChI=1S/C13H8BrClN4O4/c1-23-13(20)12-9(17)6(4-16)5-18(12)10-7(14)2-3-8(15)11(10)19(21)22/h2-3,5H,17H2,1H3. The summed E-state index contributed by atoms with van der Waals surface area (Å²) in [4.78, 5) is 22.7. The van der Waals surface area contributed by atoms with E-state index in [0.717, 1.165) is 11.7 Å². The van der Waals surface area contributed by atoms with Crippen molar-refractivity contribution in [2.75, 3.05) is 12.8 Å². The third-order valence-corrected chi connectivity index (χ3v) is 3.96. The minimum atomic E-state index is -0.842. The fraction of sp³-hybridized carbons (Fsp3) is 0.0769. The van der Waals surface area contributed by atoms with Gasteiger partial charge in [-0.05, 0) is 28.1 Å². The maximum absolute atomic E-state index is 12.0. The molecule has 10 heteroatoms.